The molecule has 0 amide bonds. The summed E-state index contributed by atoms with van der Waals surface area (Å²) in [6.45, 7) is 4.99. The number of halogens is 2. The Balaban J connectivity index is 2.69. The molecule has 0 saturated carbocycles. The number of benzene rings is 1. The van der Waals surface area contributed by atoms with Gasteiger partial charge in [-0.3, -0.25) is 0 Å². The van der Waals surface area contributed by atoms with E-state index in [1.807, 2.05) is 13.8 Å². The summed E-state index contributed by atoms with van der Waals surface area (Å²) in [5.41, 5.74) is 5.47. The highest BCUT2D eigenvalue weighted by molar-refractivity contribution is 9.10. The van der Waals surface area contributed by atoms with Gasteiger partial charge in [-0.2, -0.15) is 0 Å². The lowest BCUT2D eigenvalue weighted by Crippen LogP contribution is -2.30. The third kappa shape index (κ3) is 3.80. The molecule has 0 fully saturated rings. The van der Waals surface area contributed by atoms with E-state index in [1.165, 1.54) is 12.1 Å². The summed E-state index contributed by atoms with van der Waals surface area (Å²) >= 11 is 3.30. The van der Waals surface area contributed by atoms with Crippen molar-refractivity contribution in [3.8, 4) is 5.75 Å². The highest BCUT2D eigenvalue weighted by Crippen LogP contribution is 2.27. The molecule has 0 aromatic heterocycles. The van der Waals surface area contributed by atoms with Crippen molar-refractivity contribution in [3.05, 3.63) is 28.5 Å². The zero-order valence-corrected chi connectivity index (χ0v) is 10.5. The average Bonchev–Trinajstić information content (AvgIpc) is 2.20. The van der Waals surface area contributed by atoms with Crippen LogP contribution in [0.1, 0.15) is 13.8 Å². The molecule has 0 aliphatic rings. The molecule has 0 bridgehead atoms. The molecule has 2 N–H and O–H groups in total. The van der Waals surface area contributed by atoms with E-state index >= 15 is 0 Å². The van der Waals surface area contributed by atoms with Crippen molar-refractivity contribution < 1.29 is 9.13 Å². The lowest BCUT2D eigenvalue weighted by Gasteiger charge is -2.22. The molecule has 0 unspecified atom stereocenters. The third-order valence-corrected chi connectivity index (χ3v) is 2.72. The Morgan fingerprint density at radius 2 is 2.13 bits per heavy atom. The van der Waals surface area contributed by atoms with Gasteiger partial charge in [-0.15, -0.1) is 0 Å². The fourth-order valence-corrected chi connectivity index (χ4v) is 1.28. The molecule has 4 heteroatoms. The van der Waals surface area contributed by atoms with E-state index in [4.69, 9.17) is 10.5 Å². The zero-order valence-electron chi connectivity index (χ0n) is 8.89. The predicted octanol–water partition coefficient (Wildman–Crippen LogP) is 2.95. The first-order chi connectivity index (χ1) is 6.94. The van der Waals surface area contributed by atoms with Gasteiger partial charge < -0.3 is 10.5 Å². The van der Waals surface area contributed by atoms with Crippen molar-refractivity contribution in [3.63, 3.8) is 0 Å². The van der Waals surface area contributed by atoms with Gasteiger partial charge >= 0.3 is 0 Å². The summed E-state index contributed by atoms with van der Waals surface area (Å²) in [4.78, 5) is 0. The third-order valence-electron chi connectivity index (χ3n) is 2.06. The summed E-state index contributed by atoms with van der Waals surface area (Å²) < 4.78 is 19.2. The Morgan fingerprint density at radius 1 is 1.47 bits per heavy atom. The molecule has 0 aliphatic heterocycles. The Morgan fingerprint density at radius 3 is 2.73 bits per heavy atom. The molecule has 15 heavy (non-hydrogen) atoms. The van der Waals surface area contributed by atoms with Crippen LogP contribution in [0.5, 0.6) is 5.75 Å². The first kappa shape index (κ1) is 12.5. The van der Waals surface area contributed by atoms with Gasteiger partial charge in [-0.05, 0) is 28.1 Å². The maximum Gasteiger partial charge on any atom is 0.136 e. The first-order valence-corrected chi connectivity index (χ1v) is 5.52. The van der Waals surface area contributed by atoms with Crippen LogP contribution < -0.4 is 10.5 Å². The molecule has 0 saturated heterocycles. The van der Waals surface area contributed by atoms with E-state index < -0.39 is 0 Å². The van der Waals surface area contributed by atoms with Crippen molar-refractivity contribution in [2.75, 3.05) is 13.2 Å². The molecule has 1 aromatic rings. The molecule has 0 aliphatic carbocycles. The van der Waals surface area contributed by atoms with Gasteiger partial charge in [0.1, 0.15) is 11.6 Å². The Labute approximate surface area is 97.7 Å². The second-order valence-electron chi connectivity index (χ2n) is 4.23. The Bertz CT molecular complexity index is 341. The van der Waals surface area contributed by atoms with Gasteiger partial charge in [-0.1, -0.05) is 13.8 Å². The molecular weight excluding hydrogens is 261 g/mol. The Kier molecular flexibility index (Phi) is 4.11. The fourth-order valence-electron chi connectivity index (χ4n) is 0.920. The summed E-state index contributed by atoms with van der Waals surface area (Å²) in [5.74, 6) is 0.204. The molecule has 0 heterocycles. The van der Waals surface area contributed by atoms with Crippen LogP contribution in [-0.4, -0.2) is 13.2 Å². The van der Waals surface area contributed by atoms with Crippen LogP contribution in [0.15, 0.2) is 22.7 Å². The number of nitrogens with two attached hydrogens (primary N) is 1. The molecular formula is C11H15BrFNO. The van der Waals surface area contributed by atoms with Gasteiger partial charge in [0.05, 0.1) is 11.1 Å². The van der Waals surface area contributed by atoms with E-state index in [0.29, 0.717) is 18.9 Å². The van der Waals surface area contributed by atoms with Crippen LogP contribution in [0.25, 0.3) is 0 Å². The SMILES string of the molecule is CC(C)(CN)COc1cc(F)ccc1Br. The number of hydrogen-bond donors (Lipinski definition) is 1. The second kappa shape index (κ2) is 4.94. The van der Waals surface area contributed by atoms with E-state index in [0.717, 1.165) is 4.47 Å². The highest BCUT2D eigenvalue weighted by Gasteiger charge is 2.17. The van der Waals surface area contributed by atoms with E-state index in [1.54, 1.807) is 6.07 Å². The molecule has 1 aromatic carbocycles. The monoisotopic (exact) mass is 275 g/mol. The average molecular weight is 276 g/mol. The molecule has 84 valence electrons. The minimum atomic E-state index is -0.307. The van der Waals surface area contributed by atoms with E-state index in [-0.39, 0.29) is 11.2 Å². The number of rotatable bonds is 4. The van der Waals surface area contributed by atoms with Crippen LogP contribution in [0.2, 0.25) is 0 Å². The Hall–Kier alpha value is -0.610. The van der Waals surface area contributed by atoms with Crippen molar-refractivity contribution in [1.29, 1.82) is 0 Å². The van der Waals surface area contributed by atoms with Crippen molar-refractivity contribution in [1.82, 2.24) is 0 Å². The summed E-state index contributed by atoms with van der Waals surface area (Å²) in [6, 6.07) is 4.36. The standard InChI is InChI=1S/C11H15BrFNO/c1-11(2,6-14)7-15-10-5-8(13)3-4-9(10)12/h3-5H,6-7,14H2,1-2H3. The zero-order chi connectivity index (χ0) is 11.5. The molecule has 0 atom stereocenters. The summed E-state index contributed by atoms with van der Waals surface area (Å²) in [5, 5.41) is 0. The molecule has 2 nitrogen and oxygen atoms in total. The largest absolute Gasteiger partial charge is 0.492 e. The van der Waals surface area contributed by atoms with Crippen molar-refractivity contribution in [2.45, 2.75) is 13.8 Å². The fraction of sp³-hybridized carbons (Fsp3) is 0.455. The highest BCUT2D eigenvalue weighted by atomic mass is 79.9. The lowest BCUT2D eigenvalue weighted by atomic mass is 9.95. The quantitative estimate of drug-likeness (QED) is 0.917. The lowest BCUT2D eigenvalue weighted by molar-refractivity contribution is 0.185. The van der Waals surface area contributed by atoms with Crippen LogP contribution in [-0.2, 0) is 0 Å². The van der Waals surface area contributed by atoms with E-state index in [2.05, 4.69) is 15.9 Å². The van der Waals surface area contributed by atoms with Gasteiger partial charge in [-0.25, -0.2) is 4.39 Å². The first-order valence-electron chi connectivity index (χ1n) is 4.72. The summed E-state index contributed by atoms with van der Waals surface area (Å²) in [6.07, 6.45) is 0. The maximum atomic E-state index is 12.9. The topological polar surface area (TPSA) is 35.2 Å². The van der Waals surface area contributed by atoms with Crippen molar-refractivity contribution in [2.24, 2.45) is 11.1 Å². The molecule has 1 rings (SSSR count). The second-order valence-corrected chi connectivity index (χ2v) is 5.09. The van der Waals surface area contributed by atoms with Gasteiger partial charge in [0.15, 0.2) is 0 Å². The summed E-state index contributed by atoms with van der Waals surface area (Å²) in [7, 11) is 0. The van der Waals surface area contributed by atoms with Crippen LogP contribution >= 0.6 is 15.9 Å². The van der Waals surface area contributed by atoms with Crippen LogP contribution in [0, 0.1) is 11.2 Å². The van der Waals surface area contributed by atoms with Crippen molar-refractivity contribution >= 4 is 15.9 Å². The number of hydrogen-bond acceptors (Lipinski definition) is 2. The van der Waals surface area contributed by atoms with Gasteiger partial charge in [0, 0.05) is 18.0 Å². The molecule has 0 spiro atoms. The van der Waals surface area contributed by atoms with E-state index in [9.17, 15) is 4.39 Å². The van der Waals surface area contributed by atoms with Gasteiger partial charge in [0.25, 0.3) is 0 Å². The van der Waals surface area contributed by atoms with Crippen LogP contribution in [0.4, 0.5) is 4.39 Å². The minimum Gasteiger partial charge on any atom is -0.492 e. The normalized spacial score (nSPS) is 11.5. The predicted molar refractivity (Wildman–Crippen MR) is 62.4 cm³/mol. The smallest absolute Gasteiger partial charge is 0.136 e. The van der Waals surface area contributed by atoms with Gasteiger partial charge in [0.2, 0.25) is 0 Å². The maximum absolute atomic E-state index is 12.9. The number of ether oxygens (including phenoxy) is 1. The van der Waals surface area contributed by atoms with Crippen LogP contribution in [0.3, 0.4) is 0 Å². The molecule has 0 radical (unpaired) electrons. The minimum absolute atomic E-state index is 0.105.